The van der Waals surface area contributed by atoms with E-state index < -0.39 is 10.0 Å². The number of nitrogens with zero attached hydrogens (tertiary/aromatic N) is 1. The number of hydrogen-bond acceptors (Lipinski definition) is 4. The van der Waals surface area contributed by atoms with Gasteiger partial charge in [0.05, 0.1) is 6.26 Å². The lowest BCUT2D eigenvalue weighted by molar-refractivity contribution is -0.135. The van der Waals surface area contributed by atoms with Crippen LogP contribution in [0.1, 0.15) is 44.9 Å². The Bertz CT molecular complexity index is 462. The van der Waals surface area contributed by atoms with E-state index in [1.807, 2.05) is 4.90 Å². The van der Waals surface area contributed by atoms with E-state index in [1.165, 1.54) is 0 Å². The molecule has 21 heavy (non-hydrogen) atoms. The van der Waals surface area contributed by atoms with Gasteiger partial charge in [-0.15, -0.1) is 0 Å². The lowest BCUT2D eigenvalue weighted by atomic mass is 9.98. The van der Waals surface area contributed by atoms with Gasteiger partial charge in [0.15, 0.2) is 0 Å². The number of carbonyl (C=O) groups excluding carboxylic acids is 1. The first-order valence-electron chi connectivity index (χ1n) is 7.86. The molecule has 0 spiro atoms. The number of piperidine rings is 1. The summed E-state index contributed by atoms with van der Waals surface area (Å²) < 4.78 is 24.7. The topological polar surface area (TPSA) is 92.5 Å². The molecule has 2 unspecified atom stereocenters. The molecule has 1 saturated heterocycles. The Hall–Kier alpha value is -0.660. The zero-order valence-electron chi connectivity index (χ0n) is 12.8. The predicted molar refractivity (Wildman–Crippen MR) is 82.1 cm³/mol. The second-order valence-electron chi connectivity index (χ2n) is 6.40. The van der Waals surface area contributed by atoms with Crippen molar-refractivity contribution < 1.29 is 13.2 Å². The molecule has 1 heterocycles. The highest BCUT2D eigenvalue weighted by molar-refractivity contribution is 7.88. The molecular weight excluding hydrogens is 290 g/mol. The van der Waals surface area contributed by atoms with E-state index in [2.05, 4.69) is 4.72 Å². The fourth-order valence-electron chi connectivity index (χ4n) is 3.05. The van der Waals surface area contributed by atoms with Gasteiger partial charge in [-0.05, 0) is 44.4 Å². The van der Waals surface area contributed by atoms with E-state index in [0.717, 1.165) is 44.9 Å². The van der Waals surface area contributed by atoms with E-state index in [-0.39, 0.29) is 18.0 Å². The van der Waals surface area contributed by atoms with Gasteiger partial charge in [-0.1, -0.05) is 0 Å². The number of likely N-dealkylation sites (tertiary alicyclic amines) is 1. The molecule has 1 aliphatic carbocycles. The van der Waals surface area contributed by atoms with Crippen LogP contribution in [0.4, 0.5) is 0 Å². The largest absolute Gasteiger partial charge is 0.340 e. The normalized spacial score (nSPS) is 24.9. The van der Waals surface area contributed by atoms with Crippen molar-refractivity contribution in [2.75, 3.05) is 19.3 Å². The van der Waals surface area contributed by atoms with E-state index >= 15 is 0 Å². The molecule has 7 heteroatoms. The number of carbonyl (C=O) groups is 1. The minimum atomic E-state index is -3.16. The summed E-state index contributed by atoms with van der Waals surface area (Å²) in [4.78, 5) is 14.3. The van der Waals surface area contributed by atoms with E-state index in [9.17, 15) is 13.2 Å². The molecule has 3 N–H and O–H groups in total. The van der Waals surface area contributed by atoms with Crippen molar-refractivity contribution >= 4 is 15.9 Å². The van der Waals surface area contributed by atoms with Gasteiger partial charge in [0.1, 0.15) is 0 Å². The number of sulfonamides is 1. The Kier molecular flexibility index (Phi) is 5.62. The fraction of sp³-hybridized carbons (Fsp3) is 0.929. The quantitative estimate of drug-likeness (QED) is 0.712. The molecule has 1 aliphatic heterocycles. The van der Waals surface area contributed by atoms with Crippen LogP contribution in [0, 0.1) is 5.92 Å². The second-order valence-corrected chi connectivity index (χ2v) is 8.23. The van der Waals surface area contributed by atoms with Crippen molar-refractivity contribution in [2.24, 2.45) is 11.7 Å². The van der Waals surface area contributed by atoms with E-state index in [1.54, 1.807) is 0 Å². The van der Waals surface area contributed by atoms with Crippen LogP contribution in [0.15, 0.2) is 0 Å². The van der Waals surface area contributed by atoms with Crippen LogP contribution in [0.3, 0.4) is 0 Å². The molecule has 0 aromatic carbocycles. The first kappa shape index (κ1) is 16.7. The van der Waals surface area contributed by atoms with Gasteiger partial charge in [-0.2, -0.15) is 0 Å². The van der Waals surface area contributed by atoms with E-state index in [4.69, 9.17) is 5.73 Å². The molecule has 1 saturated carbocycles. The molecule has 2 fully saturated rings. The molecule has 122 valence electrons. The summed E-state index contributed by atoms with van der Waals surface area (Å²) in [5.74, 6) is 0.669. The number of hydrogen-bond donors (Lipinski definition) is 2. The third-order valence-electron chi connectivity index (χ3n) is 4.43. The zero-order chi connectivity index (χ0) is 15.5. The molecule has 6 nitrogen and oxygen atoms in total. The van der Waals surface area contributed by atoms with Crippen LogP contribution in [-0.4, -0.2) is 50.7 Å². The van der Waals surface area contributed by atoms with E-state index in [0.29, 0.717) is 25.3 Å². The van der Waals surface area contributed by atoms with Crippen molar-refractivity contribution in [1.29, 1.82) is 0 Å². The van der Waals surface area contributed by atoms with Crippen LogP contribution >= 0.6 is 0 Å². The lowest BCUT2D eigenvalue weighted by Gasteiger charge is -2.36. The molecule has 0 radical (unpaired) electrons. The maximum Gasteiger partial charge on any atom is 0.224 e. The summed E-state index contributed by atoms with van der Waals surface area (Å²) in [5, 5.41) is 0. The SMILES string of the molecule is CS(=O)(=O)NCCC1CCCCN1C(=O)CC(N)C1CC1. The number of amides is 1. The molecule has 0 bridgehead atoms. The summed E-state index contributed by atoms with van der Waals surface area (Å²) in [7, 11) is -3.16. The third-order valence-corrected chi connectivity index (χ3v) is 5.16. The summed E-state index contributed by atoms with van der Waals surface area (Å²) in [6, 6.07) is 0.140. The Labute approximate surface area is 127 Å². The minimum absolute atomic E-state index is 0.00535. The lowest BCUT2D eigenvalue weighted by Crippen LogP contribution is -2.47. The molecule has 2 aliphatic rings. The maximum absolute atomic E-state index is 12.4. The molecule has 0 aromatic rings. The molecular formula is C14H27N3O3S. The van der Waals surface area contributed by atoms with Crippen molar-refractivity contribution in [3.8, 4) is 0 Å². The first-order chi connectivity index (χ1) is 9.87. The van der Waals surface area contributed by atoms with Crippen LogP contribution in [-0.2, 0) is 14.8 Å². The van der Waals surface area contributed by atoms with Gasteiger partial charge < -0.3 is 10.6 Å². The van der Waals surface area contributed by atoms with Crippen LogP contribution in [0.25, 0.3) is 0 Å². The highest BCUT2D eigenvalue weighted by Crippen LogP contribution is 2.33. The van der Waals surface area contributed by atoms with Gasteiger partial charge in [0, 0.05) is 31.6 Å². The molecule has 0 aromatic heterocycles. The van der Waals surface area contributed by atoms with Crippen LogP contribution in [0.5, 0.6) is 0 Å². The standard InChI is InChI=1S/C14H27N3O3S/c1-21(19,20)16-8-7-12-4-2-3-9-17(12)14(18)10-13(15)11-5-6-11/h11-13,16H,2-10,15H2,1H3. The summed E-state index contributed by atoms with van der Waals surface area (Å²) >= 11 is 0. The van der Waals surface area contributed by atoms with Crippen molar-refractivity contribution in [3.63, 3.8) is 0 Å². The van der Waals surface area contributed by atoms with Crippen molar-refractivity contribution in [2.45, 2.75) is 57.0 Å². The molecule has 2 rings (SSSR count). The Morgan fingerprint density at radius 3 is 2.67 bits per heavy atom. The third kappa shape index (κ3) is 5.56. The number of rotatable bonds is 7. The maximum atomic E-state index is 12.4. The van der Waals surface area contributed by atoms with Crippen LogP contribution in [0.2, 0.25) is 0 Å². The van der Waals surface area contributed by atoms with Gasteiger partial charge in [-0.3, -0.25) is 4.79 Å². The summed E-state index contributed by atoms with van der Waals surface area (Å²) in [6.45, 7) is 1.17. The highest BCUT2D eigenvalue weighted by atomic mass is 32.2. The zero-order valence-corrected chi connectivity index (χ0v) is 13.6. The van der Waals surface area contributed by atoms with Gasteiger partial charge in [0.2, 0.25) is 15.9 Å². The smallest absolute Gasteiger partial charge is 0.224 e. The Balaban J connectivity index is 1.83. The Morgan fingerprint density at radius 1 is 1.33 bits per heavy atom. The number of nitrogens with two attached hydrogens (primary N) is 1. The van der Waals surface area contributed by atoms with Gasteiger partial charge in [-0.25, -0.2) is 13.1 Å². The minimum Gasteiger partial charge on any atom is -0.340 e. The predicted octanol–water partition coefficient (Wildman–Crippen LogP) is 0.434. The Morgan fingerprint density at radius 2 is 2.05 bits per heavy atom. The highest BCUT2D eigenvalue weighted by Gasteiger charge is 2.33. The monoisotopic (exact) mass is 317 g/mol. The average molecular weight is 317 g/mol. The summed E-state index contributed by atoms with van der Waals surface area (Å²) in [5.41, 5.74) is 6.05. The second kappa shape index (κ2) is 7.07. The number of nitrogens with one attached hydrogen (secondary N) is 1. The molecule has 2 atom stereocenters. The van der Waals surface area contributed by atoms with Crippen LogP contribution < -0.4 is 10.5 Å². The van der Waals surface area contributed by atoms with Crippen molar-refractivity contribution in [1.82, 2.24) is 9.62 Å². The fourth-order valence-corrected chi connectivity index (χ4v) is 3.54. The molecule has 1 amide bonds. The first-order valence-corrected chi connectivity index (χ1v) is 9.75. The van der Waals surface area contributed by atoms with Gasteiger partial charge in [0.25, 0.3) is 0 Å². The summed E-state index contributed by atoms with van der Waals surface area (Å²) in [6.07, 6.45) is 7.65. The average Bonchev–Trinajstić information content (AvgIpc) is 3.22. The van der Waals surface area contributed by atoms with Gasteiger partial charge >= 0.3 is 0 Å². The van der Waals surface area contributed by atoms with Crippen molar-refractivity contribution in [3.05, 3.63) is 0 Å².